The van der Waals surface area contributed by atoms with Gasteiger partial charge in [-0.15, -0.1) is 0 Å². The van der Waals surface area contributed by atoms with Gasteiger partial charge in [-0.1, -0.05) is 0 Å². The molecule has 1 aromatic heterocycles. The molecule has 0 aromatic carbocycles. The van der Waals surface area contributed by atoms with E-state index in [1.807, 2.05) is 4.98 Å². The summed E-state index contributed by atoms with van der Waals surface area (Å²) in [5.74, 6) is 0. The Labute approximate surface area is 112 Å². The molecule has 0 amide bonds. The second kappa shape index (κ2) is 6.36. The second-order valence-electron chi connectivity index (χ2n) is 1.26. The fourth-order valence-electron chi connectivity index (χ4n) is 0.312. The minimum Gasteiger partial charge on any atom is -0.844 e. The van der Waals surface area contributed by atoms with Crippen molar-refractivity contribution < 1.29 is 64.2 Å². The van der Waals surface area contributed by atoms with E-state index in [0.717, 1.165) is 0 Å². The number of rotatable bonds is 0. The standard InChI is InChI=1S/C3H3N3O2S.2Na/c7-1-2(9)5-6-3(8)4-1;;/h(H,5,9)(H2,4,6,7,8);;/q;2*+1/p-2. The number of hydrogen-bond acceptors (Lipinski definition) is 5. The molecular formula is C3HN3Na2O2S. The first-order valence-corrected chi connectivity index (χ1v) is 2.42. The summed E-state index contributed by atoms with van der Waals surface area (Å²) in [4.78, 5) is 12.2. The number of aromatic amines is 1. The van der Waals surface area contributed by atoms with E-state index in [1.165, 1.54) is 0 Å². The van der Waals surface area contributed by atoms with E-state index in [9.17, 15) is 9.90 Å². The van der Waals surface area contributed by atoms with Crippen LogP contribution in [0.5, 0.6) is 6.01 Å². The third kappa shape index (κ3) is 4.41. The molecule has 11 heavy (non-hydrogen) atoms. The summed E-state index contributed by atoms with van der Waals surface area (Å²) in [5, 5.41) is 16.0. The Kier molecular flexibility index (Phi) is 8.30. The van der Waals surface area contributed by atoms with Crippen molar-refractivity contribution in [2.45, 2.75) is 5.03 Å². The molecule has 1 rings (SSSR count). The predicted octanol–water partition coefficient (Wildman–Crippen LogP) is -7.85. The van der Waals surface area contributed by atoms with Crippen molar-refractivity contribution in [1.29, 1.82) is 0 Å². The molecule has 8 heteroatoms. The van der Waals surface area contributed by atoms with Crippen LogP contribution in [0.4, 0.5) is 0 Å². The third-order valence-electron chi connectivity index (χ3n) is 0.646. The van der Waals surface area contributed by atoms with Gasteiger partial charge in [-0.3, -0.25) is 4.79 Å². The van der Waals surface area contributed by atoms with Crippen molar-refractivity contribution in [1.82, 2.24) is 15.2 Å². The molecule has 0 aliphatic rings. The molecule has 48 valence electrons. The zero-order valence-corrected chi connectivity index (χ0v) is 10.9. The maximum absolute atomic E-state index is 10.4. The minimum atomic E-state index is -0.770. The van der Waals surface area contributed by atoms with E-state index in [-0.39, 0.29) is 64.1 Å². The van der Waals surface area contributed by atoms with Crippen molar-refractivity contribution >= 4 is 12.6 Å². The quantitative estimate of drug-likeness (QED) is 0.324. The van der Waals surface area contributed by atoms with Crippen LogP contribution in [0.3, 0.4) is 0 Å². The molecule has 0 aliphatic heterocycles. The number of nitrogens with zero attached hydrogens (tertiary/aromatic N) is 2. The molecule has 0 radical (unpaired) electrons. The summed E-state index contributed by atoms with van der Waals surface area (Å²) in [6, 6.07) is -0.770. The molecule has 0 aliphatic carbocycles. The van der Waals surface area contributed by atoms with Crippen LogP contribution < -0.4 is 69.8 Å². The number of H-pyrrole nitrogens is 1. The molecule has 0 unspecified atom stereocenters. The molecule has 5 nitrogen and oxygen atoms in total. The van der Waals surface area contributed by atoms with E-state index in [0.29, 0.717) is 0 Å². The SMILES string of the molecule is O=c1[nH]c([O-])nnc1[S-].[Na+].[Na+]. The Morgan fingerprint density at radius 1 is 1.36 bits per heavy atom. The Morgan fingerprint density at radius 2 is 1.91 bits per heavy atom. The maximum Gasteiger partial charge on any atom is 1.00 e. The zero-order valence-electron chi connectivity index (χ0n) is 6.12. The van der Waals surface area contributed by atoms with Gasteiger partial charge in [0.2, 0.25) is 5.56 Å². The van der Waals surface area contributed by atoms with E-state index < -0.39 is 11.6 Å². The molecule has 0 fully saturated rings. The third-order valence-corrected chi connectivity index (χ3v) is 0.913. The van der Waals surface area contributed by atoms with Gasteiger partial charge in [0.15, 0.2) is 0 Å². The van der Waals surface area contributed by atoms with Gasteiger partial charge in [0.05, 0.1) is 6.01 Å². The fourth-order valence-corrected chi connectivity index (χ4v) is 0.404. The van der Waals surface area contributed by atoms with Gasteiger partial charge in [0, 0.05) is 5.03 Å². The van der Waals surface area contributed by atoms with Crippen molar-refractivity contribution in [3.05, 3.63) is 10.4 Å². The van der Waals surface area contributed by atoms with Gasteiger partial charge in [-0.2, -0.15) is 10.2 Å². The van der Waals surface area contributed by atoms with Crippen molar-refractivity contribution in [2.24, 2.45) is 0 Å². The smallest absolute Gasteiger partial charge is 0.844 e. The van der Waals surface area contributed by atoms with Gasteiger partial charge in [0.25, 0.3) is 0 Å². The summed E-state index contributed by atoms with van der Waals surface area (Å²) in [7, 11) is 0. The zero-order chi connectivity index (χ0) is 6.85. The summed E-state index contributed by atoms with van der Waals surface area (Å²) in [6.45, 7) is 0. The van der Waals surface area contributed by atoms with Gasteiger partial charge in [-0.05, 0) is 0 Å². The Balaban J connectivity index is 0. The number of nitrogens with one attached hydrogen (secondary N) is 1. The Hall–Kier alpha value is 0.830. The predicted molar refractivity (Wildman–Crippen MR) is 27.7 cm³/mol. The van der Waals surface area contributed by atoms with E-state index in [1.54, 1.807) is 0 Å². The first-order chi connectivity index (χ1) is 4.20. The summed E-state index contributed by atoms with van der Waals surface area (Å²) < 4.78 is 0. The van der Waals surface area contributed by atoms with Crippen LogP contribution in [0, 0.1) is 0 Å². The van der Waals surface area contributed by atoms with Crippen LogP contribution >= 0.6 is 0 Å². The molecule has 0 bridgehead atoms. The summed E-state index contributed by atoms with van der Waals surface area (Å²) in [5.41, 5.74) is -0.662. The molecule has 0 spiro atoms. The van der Waals surface area contributed by atoms with Crippen LogP contribution in [-0.2, 0) is 12.6 Å². The average molecular weight is 189 g/mol. The van der Waals surface area contributed by atoms with E-state index in [4.69, 9.17) is 0 Å². The van der Waals surface area contributed by atoms with Crippen molar-refractivity contribution in [2.75, 3.05) is 0 Å². The fraction of sp³-hybridized carbons (Fsp3) is 0. The Bertz CT molecular complexity index is 278. The van der Waals surface area contributed by atoms with Gasteiger partial charge >= 0.3 is 59.1 Å². The minimum absolute atomic E-state index is 0. The Morgan fingerprint density at radius 3 is 2.27 bits per heavy atom. The molecule has 1 aromatic rings. The van der Waals surface area contributed by atoms with E-state index in [2.05, 4.69) is 22.8 Å². The van der Waals surface area contributed by atoms with Gasteiger partial charge in [-0.25, -0.2) is 0 Å². The van der Waals surface area contributed by atoms with Crippen LogP contribution in [0.2, 0.25) is 0 Å². The van der Waals surface area contributed by atoms with Crippen LogP contribution in [0.1, 0.15) is 0 Å². The second-order valence-corrected chi connectivity index (χ2v) is 1.65. The maximum atomic E-state index is 10.4. The summed E-state index contributed by atoms with van der Waals surface area (Å²) in [6.07, 6.45) is 0. The molecule has 0 saturated heterocycles. The summed E-state index contributed by atoms with van der Waals surface area (Å²) >= 11 is 4.36. The molecule has 1 N–H and O–H groups in total. The van der Waals surface area contributed by atoms with Crippen LogP contribution in [-0.4, -0.2) is 15.2 Å². The van der Waals surface area contributed by atoms with Crippen molar-refractivity contribution in [3.63, 3.8) is 0 Å². The first-order valence-electron chi connectivity index (χ1n) is 2.01. The molecular weight excluding hydrogens is 188 g/mol. The molecule has 1 heterocycles. The molecule has 0 saturated carbocycles. The normalized spacial score (nSPS) is 7.64. The largest absolute Gasteiger partial charge is 1.00 e. The van der Waals surface area contributed by atoms with Crippen molar-refractivity contribution in [3.8, 4) is 6.01 Å². The first kappa shape index (κ1) is 14.4. The van der Waals surface area contributed by atoms with Crippen LogP contribution in [0.25, 0.3) is 0 Å². The average Bonchev–Trinajstić information content (AvgIpc) is 1.80. The topological polar surface area (TPSA) is 81.7 Å². The van der Waals surface area contributed by atoms with Gasteiger partial charge < -0.3 is 22.7 Å². The van der Waals surface area contributed by atoms with E-state index >= 15 is 0 Å². The van der Waals surface area contributed by atoms with Gasteiger partial charge in [0.1, 0.15) is 0 Å². The van der Waals surface area contributed by atoms with Crippen LogP contribution in [0.15, 0.2) is 9.82 Å². The number of aromatic nitrogens is 3. The molecule has 0 atom stereocenters. The number of hydrogen-bond donors (Lipinski definition) is 1. The monoisotopic (exact) mass is 189 g/mol.